The molecule has 4 nitrogen and oxygen atoms in total. The lowest BCUT2D eigenvalue weighted by molar-refractivity contribution is 0.0695. The van der Waals surface area contributed by atoms with Gasteiger partial charge in [0.2, 0.25) is 0 Å². The number of benzene rings is 1. The predicted molar refractivity (Wildman–Crippen MR) is 67.9 cm³/mol. The second-order valence-corrected chi connectivity index (χ2v) is 4.31. The number of carboxylic acids is 1. The van der Waals surface area contributed by atoms with Gasteiger partial charge in [-0.3, -0.25) is 0 Å². The Morgan fingerprint density at radius 3 is 2.80 bits per heavy atom. The monoisotopic (exact) mass is 281 g/mol. The van der Waals surface area contributed by atoms with Gasteiger partial charge in [-0.25, -0.2) is 13.6 Å². The highest BCUT2D eigenvalue weighted by Crippen LogP contribution is 2.29. The second-order valence-electron chi connectivity index (χ2n) is 4.31. The van der Waals surface area contributed by atoms with Crippen LogP contribution in [0, 0.1) is 0 Å². The van der Waals surface area contributed by atoms with E-state index in [2.05, 4.69) is 5.16 Å². The van der Waals surface area contributed by atoms with E-state index < -0.39 is 12.4 Å². The molecule has 0 aliphatic heterocycles. The van der Waals surface area contributed by atoms with Gasteiger partial charge in [-0.1, -0.05) is 30.3 Å². The van der Waals surface area contributed by atoms with Crippen LogP contribution in [-0.2, 0) is 6.42 Å². The Kier molecular flexibility index (Phi) is 4.12. The largest absolute Gasteiger partial charge is 0.477 e. The van der Waals surface area contributed by atoms with Crippen molar-refractivity contribution in [3.8, 4) is 11.3 Å². The lowest BCUT2D eigenvalue weighted by Gasteiger charge is -2.03. The molecule has 0 aliphatic carbocycles. The molecule has 1 heterocycles. The van der Waals surface area contributed by atoms with E-state index in [4.69, 9.17) is 4.52 Å². The van der Waals surface area contributed by atoms with Crippen LogP contribution < -0.4 is 0 Å². The molecule has 2 rings (SSSR count). The molecule has 0 atom stereocenters. The topological polar surface area (TPSA) is 63.3 Å². The molecule has 0 saturated heterocycles. The van der Waals surface area contributed by atoms with Crippen LogP contribution in [0.2, 0.25) is 0 Å². The minimum Gasteiger partial charge on any atom is -0.477 e. The van der Waals surface area contributed by atoms with Gasteiger partial charge in [0.05, 0.1) is 0 Å². The van der Waals surface area contributed by atoms with Crippen LogP contribution in [0.4, 0.5) is 8.78 Å². The third kappa shape index (κ3) is 2.68. The van der Waals surface area contributed by atoms with E-state index in [1.54, 1.807) is 0 Å². The summed E-state index contributed by atoms with van der Waals surface area (Å²) in [7, 11) is 0. The normalized spacial score (nSPS) is 11.0. The number of nitrogens with zero attached hydrogens (tertiary/aromatic N) is 1. The van der Waals surface area contributed by atoms with Crippen LogP contribution in [0.1, 0.15) is 41.5 Å². The molecule has 1 aromatic carbocycles. The minimum absolute atomic E-state index is 0.0572. The van der Waals surface area contributed by atoms with E-state index in [9.17, 15) is 18.7 Å². The molecule has 0 radical (unpaired) electrons. The fourth-order valence-corrected chi connectivity index (χ4v) is 1.96. The van der Waals surface area contributed by atoms with Crippen molar-refractivity contribution in [3.05, 3.63) is 41.2 Å². The van der Waals surface area contributed by atoms with Crippen LogP contribution in [0.3, 0.4) is 0 Å². The van der Waals surface area contributed by atoms with Crippen molar-refractivity contribution < 1.29 is 23.2 Å². The maximum atomic E-state index is 12.7. The molecule has 0 amide bonds. The second kappa shape index (κ2) is 5.81. The van der Waals surface area contributed by atoms with Gasteiger partial charge in [0.1, 0.15) is 11.3 Å². The van der Waals surface area contributed by atoms with Gasteiger partial charge in [-0.05, 0) is 12.5 Å². The zero-order valence-electron chi connectivity index (χ0n) is 10.8. The minimum atomic E-state index is -2.62. The zero-order chi connectivity index (χ0) is 14.7. The number of carboxylic acid groups (broad SMARTS) is 1. The summed E-state index contributed by atoms with van der Waals surface area (Å²) in [6, 6.07) is 5.48. The Balaban J connectivity index is 2.52. The molecule has 0 spiro atoms. The number of aromatic nitrogens is 1. The molecule has 0 saturated carbocycles. The third-order valence-electron chi connectivity index (χ3n) is 2.87. The third-order valence-corrected chi connectivity index (χ3v) is 2.87. The van der Waals surface area contributed by atoms with Gasteiger partial charge < -0.3 is 9.63 Å². The average molecular weight is 281 g/mol. The summed E-state index contributed by atoms with van der Waals surface area (Å²) in [6.07, 6.45) is -1.49. The van der Waals surface area contributed by atoms with E-state index in [0.29, 0.717) is 18.4 Å². The van der Waals surface area contributed by atoms with Crippen molar-refractivity contribution >= 4 is 5.97 Å². The lowest BCUT2D eigenvalue weighted by Crippen LogP contribution is -2.01. The lowest BCUT2D eigenvalue weighted by atomic mass is 10.0. The van der Waals surface area contributed by atoms with E-state index in [1.807, 2.05) is 6.92 Å². The maximum absolute atomic E-state index is 12.7. The number of halogens is 2. The van der Waals surface area contributed by atoms with Crippen LogP contribution >= 0.6 is 0 Å². The molecular weight excluding hydrogens is 268 g/mol. The SMILES string of the molecule is CCCc1onc(-c2cccc(C(F)F)c2)c1C(=O)O. The van der Waals surface area contributed by atoms with Gasteiger partial charge in [-0.2, -0.15) is 0 Å². The fourth-order valence-electron chi connectivity index (χ4n) is 1.96. The van der Waals surface area contributed by atoms with E-state index >= 15 is 0 Å². The number of carbonyl (C=O) groups is 1. The Bertz CT molecular complexity index is 623. The first kappa shape index (κ1) is 14.2. The highest BCUT2D eigenvalue weighted by atomic mass is 19.3. The fraction of sp³-hybridized carbons (Fsp3) is 0.286. The van der Waals surface area contributed by atoms with Crippen molar-refractivity contribution in [2.75, 3.05) is 0 Å². The van der Waals surface area contributed by atoms with Crippen molar-refractivity contribution in [1.82, 2.24) is 5.16 Å². The van der Waals surface area contributed by atoms with E-state index in [0.717, 1.165) is 0 Å². The summed E-state index contributed by atoms with van der Waals surface area (Å²) >= 11 is 0. The quantitative estimate of drug-likeness (QED) is 0.901. The first-order valence-electron chi connectivity index (χ1n) is 6.15. The Hall–Kier alpha value is -2.24. The van der Waals surface area contributed by atoms with Crippen molar-refractivity contribution in [1.29, 1.82) is 0 Å². The Labute approximate surface area is 114 Å². The first-order chi connectivity index (χ1) is 9.54. The number of rotatable bonds is 5. The van der Waals surface area contributed by atoms with Crippen LogP contribution in [0.5, 0.6) is 0 Å². The average Bonchev–Trinajstić information content (AvgIpc) is 2.83. The Morgan fingerprint density at radius 1 is 1.45 bits per heavy atom. The molecule has 106 valence electrons. The van der Waals surface area contributed by atoms with Crippen molar-refractivity contribution in [2.24, 2.45) is 0 Å². The van der Waals surface area contributed by atoms with Crippen LogP contribution in [0.15, 0.2) is 28.8 Å². The van der Waals surface area contributed by atoms with Crippen LogP contribution in [0.25, 0.3) is 11.3 Å². The molecule has 20 heavy (non-hydrogen) atoms. The molecule has 0 bridgehead atoms. The smallest absolute Gasteiger partial charge is 0.341 e. The van der Waals surface area contributed by atoms with E-state index in [-0.39, 0.29) is 22.6 Å². The molecule has 0 unspecified atom stereocenters. The van der Waals surface area contributed by atoms with Crippen molar-refractivity contribution in [3.63, 3.8) is 0 Å². The summed E-state index contributed by atoms with van der Waals surface area (Å²) in [6.45, 7) is 1.88. The molecule has 6 heteroatoms. The standard InChI is InChI=1S/C14H13F2NO3/c1-2-4-10-11(14(18)19)12(17-20-10)8-5-3-6-9(7-8)13(15)16/h3,5-7,13H,2,4H2,1H3,(H,18,19). The number of hydrogen-bond acceptors (Lipinski definition) is 3. The highest BCUT2D eigenvalue weighted by Gasteiger charge is 2.23. The van der Waals surface area contributed by atoms with Gasteiger partial charge >= 0.3 is 5.97 Å². The van der Waals surface area contributed by atoms with Gasteiger partial charge in [0.25, 0.3) is 6.43 Å². The molecule has 0 aliphatic rings. The molecule has 2 aromatic rings. The molecular formula is C14H13F2NO3. The highest BCUT2D eigenvalue weighted by molar-refractivity contribution is 5.95. The molecule has 1 N–H and O–H groups in total. The molecule has 1 aromatic heterocycles. The van der Waals surface area contributed by atoms with E-state index in [1.165, 1.54) is 24.3 Å². The zero-order valence-corrected chi connectivity index (χ0v) is 10.8. The van der Waals surface area contributed by atoms with Gasteiger partial charge in [0, 0.05) is 17.5 Å². The summed E-state index contributed by atoms with van der Waals surface area (Å²) in [4.78, 5) is 11.3. The first-order valence-corrected chi connectivity index (χ1v) is 6.15. The maximum Gasteiger partial charge on any atom is 0.341 e. The Morgan fingerprint density at radius 2 is 2.20 bits per heavy atom. The number of aryl methyl sites for hydroxylation is 1. The predicted octanol–water partition coefficient (Wildman–Crippen LogP) is 3.93. The molecule has 0 fully saturated rings. The van der Waals surface area contributed by atoms with Crippen molar-refractivity contribution in [2.45, 2.75) is 26.2 Å². The number of alkyl halides is 2. The summed E-state index contributed by atoms with van der Waals surface area (Å²) in [5, 5.41) is 13.0. The summed E-state index contributed by atoms with van der Waals surface area (Å²) < 4.78 is 30.4. The number of aromatic carboxylic acids is 1. The van der Waals surface area contributed by atoms with Gasteiger partial charge in [-0.15, -0.1) is 0 Å². The number of hydrogen-bond donors (Lipinski definition) is 1. The van der Waals surface area contributed by atoms with Gasteiger partial charge in [0.15, 0.2) is 5.76 Å². The van der Waals surface area contributed by atoms with Crippen LogP contribution in [-0.4, -0.2) is 16.2 Å². The summed E-state index contributed by atoms with van der Waals surface area (Å²) in [5.41, 5.74) is 0.159. The summed E-state index contributed by atoms with van der Waals surface area (Å²) in [5.74, 6) is -0.912.